The molecule has 2 aliphatic rings. The van der Waals surface area contributed by atoms with Crippen LogP contribution < -0.4 is 5.32 Å². The van der Waals surface area contributed by atoms with Gasteiger partial charge in [0.25, 0.3) is 0 Å². The molecule has 1 N–H and O–H groups in total. The van der Waals surface area contributed by atoms with Gasteiger partial charge >= 0.3 is 0 Å². The third-order valence-electron chi connectivity index (χ3n) is 4.28. The lowest BCUT2D eigenvalue weighted by Crippen LogP contribution is -2.30. The number of nitrogens with one attached hydrogen (secondary N) is 1. The van der Waals surface area contributed by atoms with Crippen molar-refractivity contribution >= 4 is 17.5 Å². The molecule has 2 aromatic heterocycles. The Balaban J connectivity index is 1.50. The van der Waals surface area contributed by atoms with E-state index in [4.69, 9.17) is 0 Å². The van der Waals surface area contributed by atoms with Gasteiger partial charge in [-0.1, -0.05) is 0 Å². The van der Waals surface area contributed by atoms with E-state index in [1.807, 2.05) is 4.90 Å². The van der Waals surface area contributed by atoms with Crippen molar-refractivity contribution in [3.63, 3.8) is 0 Å². The van der Waals surface area contributed by atoms with Crippen LogP contribution in [-0.4, -0.2) is 44.1 Å². The molecule has 1 aliphatic heterocycles. The maximum absolute atomic E-state index is 12.5. The first-order valence-electron chi connectivity index (χ1n) is 7.78. The summed E-state index contributed by atoms with van der Waals surface area (Å²) in [7, 11) is 0. The van der Waals surface area contributed by atoms with Crippen LogP contribution in [0.15, 0.2) is 36.8 Å². The molecule has 0 radical (unpaired) electrons. The Morgan fingerprint density at radius 2 is 2.13 bits per heavy atom. The number of pyridine rings is 1. The summed E-state index contributed by atoms with van der Waals surface area (Å²) in [4.78, 5) is 30.6. The molecule has 1 unspecified atom stereocenters. The number of hydrogen-bond acceptors (Lipinski definition) is 4. The predicted molar refractivity (Wildman–Crippen MR) is 82.8 cm³/mol. The number of aromatic nitrogens is 3. The lowest BCUT2D eigenvalue weighted by molar-refractivity contribution is -0.128. The average Bonchev–Trinajstić information content (AvgIpc) is 3.09. The Morgan fingerprint density at radius 3 is 2.87 bits per heavy atom. The topological polar surface area (TPSA) is 80.1 Å². The maximum atomic E-state index is 12.5. The zero-order valence-electron chi connectivity index (χ0n) is 12.6. The molecular formula is C16H17N5O2. The van der Waals surface area contributed by atoms with Crippen LogP contribution in [0.4, 0.5) is 5.69 Å². The molecule has 2 fully saturated rings. The van der Waals surface area contributed by atoms with Gasteiger partial charge < -0.3 is 10.2 Å². The van der Waals surface area contributed by atoms with Crippen molar-refractivity contribution in [2.75, 3.05) is 11.9 Å². The van der Waals surface area contributed by atoms with Crippen LogP contribution in [0.25, 0.3) is 5.82 Å². The van der Waals surface area contributed by atoms with Crippen molar-refractivity contribution in [3.05, 3.63) is 36.8 Å². The normalized spacial score (nSPS) is 20.8. The van der Waals surface area contributed by atoms with Crippen molar-refractivity contribution in [1.29, 1.82) is 0 Å². The number of amides is 2. The minimum absolute atomic E-state index is 0.0890. The summed E-state index contributed by atoms with van der Waals surface area (Å²) in [5.74, 6) is 0.219. The molecule has 1 aliphatic carbocycles. The molecule has 2 amide bonds. The van der Waals surface area contributed by atoms with Crippen LogP contribution in [0.5, 0.6) is 0 Å². The molecule has 118 valence electrons. The van der Waals surface area contributed by atoms with Crippen molar-refractivity contribution in [2.24, 2.45) is 5.92 Å². The van der Waals surface area contributed by atoms with E-state index >= 15 is 0 Å². The van der Waals surface area contributed by atoms with Crippen LogP contribution in [0, 0.1) is 5.92 Å². The number of hydrogen-bond donors (Lipinski definition) is 1. The van der Waals surface area contributed by atoms with Gasteiger partial charge in [-0.05, 0) is 31.0 Å². The Labute approximate surface area is 133 Å². The molecule has 7 heteroatoms. The van der Waals surface area contributed by atoms with Crippen LogP contribution >= 0.6 is 0 Å². The van der Waals surface area contributed by atoms with Gasteiger partial charge in [-0.3, -0.25) is 9.59 Å². The highest BCUT2D eigenvalue weighted by Gasteiger charge is 2.41. The number of likely N-dealkylation sites (tertiary alicyclic amines) is 1. The van der Waals surface area contributed by atoms with E-state index in [1.165, 1.54) is 0 Å². The number of anilines is 1. The average molecular weight is 311 g/mol. The Morgan fingerprint density at radius 1 is 1.26 bits per heavy atom. The van der Waals surface area contributed by atoms with E-state index < -0.39 is 0 Å². The van der Waals surface area contributed by atoms with E-state index in [1.54, 1.807) is 41.5 Å². The Kier molecular flexibility index (Phi) is 3.33. The second kappa shape index (κ2) is 5.49. The highest BCUT2D eigenvalue weighted by Crippen LogP contribution is 2.33. The lowest BCUT2D eigenvalue weighted by Gasteiger charge is -2.16. The van der Waals surface area contributed by atoms with Gasteiger partial charge in [-0.2, -0.15) is 5.10 Å². The quantitative estimate of drug-likeness (QED) is 0.920. The van der Waals surface area contributed by atoms with Gasteiger partial charge in [-0.25, -0.2) is 9.67 Å². The zero-order valence-corrected chi connectivity index (χ0v) is 12.6. The highest BCUT2D eigenvalue weighted by atomic mass is 16.2. The number of nitrogens with zero attached hydrogens (tertiary/aromatic N) is 4. The molecule has 1 atom stereocenters. The fourth-order valence-corrected chi connectivity index (χ4v) is 2.95. The molecule has 1 saturated carbocycles. The van der Waals surface area contributed by atoms with Crippen molar-refractivity contribution in [2.45, 2.75) is 25.3 Å². The molecule has 0 spiro atoms. The van der Waals surface area contributed by atoms with Gasteiger partial charge in [-0.15, -0.1) is 0 Å². The van der Waals surface area contributed by atoms with Crippen molar-refractivity contribution < 1.29 is 9.59 Å². The second-order valence-corrected chi connectivity index (χ2v) is 5.99. The lowest BCUT2D eigenvalue weighted by atomic mass is 10.1. The fraction of sp³-hybridized carbons (Fsp3) is 0.375. The highest BCUT2D eigenvalue weighted by molar-refractivity contribution is 5.98. The van der Waals surface area contributed by atoms with Crippen molar-refractivity contribution in [3.8, 4) is 5.82 Å². The predicted octanol–water partition coefficient (Wildman–Crippen LogP) is 1.22. The standard InChI is InChI=1S/C16H17N5O2/c22-14-9-11(10-20(14)12-4-5-12)16(23)19-13-3-1-6-17-15(13)21-8-2-7-18-21/h1-3,6-8,11-12H,4-5,9-10H2,(H,19,23). The molecular weight excluding hydrogens is 294 g/mol. The second-order valence-electron chi connectivity index (χ2n) is 5.99. The van der Waals surface area contributed by atoms with Crippen LogP contribution in [0.2, 0.25) is 0 Å². The minimum Gasteiger partial charge on any atom is -0.339 e. The maximum Gasteiger partial charge on any atom is 0.229 e. The van der Waals surface area contributed by atoms with E-state index in [0.717, 1.165) is 12.8 Å². The van der Waals surface area contributed by atoms with Gasteiger partial charge in [0.15, 0.2) is 5.82 Å². The summed E-state index contributed by atoms with van der Waals surface area (Å²) >= 11 is 0. The molecule has 23 heavy (non-hydrogen) atoms. The van der Waals surface area contributed by atoms with E-state index in [-0.39, 0.29) is 17.7 Å². The minimum atomic E-state index is -0.297. The summed E-state index contributed by atoms with van der Waals surface area (Å²) in [6, 6.07) is 5.71. The number of rotatable bonds is 4. The summed E-state index contributed by atoms with van der Waals surface area (Å²) in [5, 5.41) is 7.05. The SMILES string of the molecule is O=C(Nc1cccnc1-n1cccn1)C1CC(=O)N(C2CC2)C1. The number of carbonyl (C=O) groups is 2. The van der Waals surface area contributed by atoms with Crippen LogP contribution in [-0.2, 0) is 9.59 Å². The summed E-state index contributed by atoms with van der Waals surface area (Å²) in [6.07, 6.45) is 7.49. The molecule has 0 bridgehead atoms. The first kappa shape index (κ1) is 13.9. The first-order valence-corrected chi connectivity index (χ1v) is 7.78. The number of carbonyl (C=O) groups excluding carboxylic acids is 2. The summed E-state index contributed by atoms with van der Waals surface area (Å²) < 4.78 is 1.60. The van der Waals surface area contributed by atoms with Gasteiger partial charge in [0, 0.05) is 37.6 Å². The zero-order chi connectivity index (χ0) is 15.8. The largest absolute Gasteiger partial charge is 0.339 e. The molecule has 7 nitrogen and oxygen atoms in total. The molecule has 3 heterocycles. The van der Waals surface area contributed by atoms with E-state index in [9.17, 15) is 9.59 Å². The Hall–Kier alpha value is -2.70. The monoisotopic (exact) mass is 311 g/mol. The Bertz CT molecular complexity index is 739. The first-order chi connectivity index (χ1) is 11.2. The van der Waals surface area contributed by atoms with E-state index in [0.29, 0.717) is 30.5 Å². The molecule has 1 saturated heterocycles. The fourth-order valence-electron chi connectivity index (χ4n) is 2.95. The van der Waals surface area contributed by atoms with Gasteiger partial charge in [0.05, 0.1) is 11.6 Å². The molecule has 4 rings (SSSR count). The van der Waals surface area contributed by atoms with Crippen molar-refractivity contribution in [1.82, 2.24) is 19.7 Å². The smallest absolute Gasteiger partial charge is 0.229 e. The molecule has 0 aromatic carbocycles. The summed E-state index contributed by atoms with van der Waals surface area (Å²) in [5.41, 5.74) is 0.596. The van der Waals surface area contributed by atoms with E-state index in [2.05, 4.69) is 15.4 Å². The van der Waals surface area contributed by atoms with Gasteiger partial charge in [0.2, 0.25) is 11.8 Å². The third-order valence-corrected chi connectivity index (χ3v) is 4.28. The summed E-state index contributed by atoms with van der Waals surface area (Å²) in [6.45, 7) is 0.521. The van der Waals surface area contributed by atoms with Gasteiger partial charge in [0.1, 0.15) is 0 Å². The van der Waals surface area contributed by atoms with Crippen LogP contribution in [0.3, 0.4) is 0 Å². The van der Waals surface area contributed by atoms with Crippen LogP contribution in [0.1, 0.15) is 19.3 Å². The molecule has 2 aromatic rings. The third kappa shape index (κ3) is 2.69.